The number of aromatic nitrogens is 2. The van der Waals surface area contributed by atoms with Crippen molar-refractivity contribution in [1.29, 1.82) is 0 Å². The molecule has 7 heteroatoms. The zero-order valence-corrected chi connectivity index (χ0v) is 19.8. The number of thiophene rings is 1. The number of rotatable bonds is 7. The minimum atomic E-state index is -0.0189. The van der Waals surface area contributed by atoms with E-state index in [2.05, 4.69) is 52.5 Å². The Morgan fingerprint density at radius 2 is 1.69 bits per heavy atom. The first kappa shape index (κ1) is 22.0. The number of methoxy groups -OCH3 is 2. The molecule has 0 bridgehead atoms. The summed E-state index contributed by atoms with van der Waals surface area (Å²) in [4.78, 5) is 11.7. The molecule has 4 rings (SSSR count). The molecule has 0 radical (unpaired) electrons. The highest BCUT2D eigenvalue weighted by Gasteiger charge is 2.17. The van der Waals surface area contributed by atoms with Crippen molar-refractivity contribution in [3.05, 3.63) is 64.8 Å². The number of fused-ring (bicyclic) bond motifs is 1. The second kappa shape index (κ2) is 9.14. The van der Waals surface area contributed by atoms with Gasteiger partial charge in [-0.05, 0) is 50.1 Å². The van der Waals surface area contributed by atoms with Crippen molar-refractivity contribution in [1.82, 2.24) is 9.97 Å². The number of nitrogens with one attached hydrogen (secondary N) is 1. The SMILES string of the molecule is COc1cc2nc(C)nc(NC(C)c3ccc(-c4ccccc4[C@@H](C)N)s3)c2cc1OC. The summed E-state index contributed by atoms with van der Waals surface area (Å²) < 4.78 is 10.9. The van der Waals surface area contributed by atoms with Crippen molar-refractivity contribution < 1.29 is 9.47 Å². The van der Waals surface area contributed by atoms with E-state index < -0.39 is 0 Å². The molecule has 0 fully saturated rings. The van der Waals surface area contributed by atoms with Crippen molar-refractivity contribution in [2.75, 3.05) is 19.5 Å². The number of nitrogens with two attached hydrogens (primary N) is 1. The summed E-state index contributed by atoms with van der Waals surface area (Å²) in [5.41, 5.74) is 9.34. The van der Waals surface area contributed by atoms with Crippen molar-refractivity contribution >= 4 is 28.1 Å². The van der Waals surface area contributed by atoms with Crippen LogP contribution in [0.2, 0.25) is 0 Å². The van der Waals surface area contributed by atoms with Gasteiger partial charge in [0.05, 0.1) is 25.8 Å². The van der Waals surface area contributed by atoms with Gasteiger partial charge in [0.1, 0.15) is 11.6 Å². The van der Waals surface area contributed by atoms with Crippen LogP contribution in [0.5, 0.6) is 11.5 Å². The molecular formula is C25H28N4O2S. The third kappa shape index (κ3) is 4.26. The van der Waals surface area contributed by atoms with Crippen LogP contribution >= 0.6 is 11.3 Å². The van der Waals surface area contributed by atoms with Crippen LogP contribution in [0.1, 0.15) is 42.2 Å². The normalized spacial score (nSPS) is 13.1. The van der Waals surface area contributed by atoms with E-state index in [-0.39, 0.29) is 12.1 Å². The van der Waals surface area contributed by atoms with Crippen molar-refractivity contribution in [3.8, 4) is 21.9 Å². The Morgan fingerprint density at radius 1 is 0.969 bits per heavy atom. The Hall–Kier alpha value is -3.16. The Morgan fingerprint density at radius 3 is 2.41 bits per heavy atom. The third-order valence-corrected chi connectivity index (χ3v) is 6.74. The van der Waals surface area contributed by atoms with Gasteiger partial charge in [0, 0.05) is 27.2 Å². The number of ether oxygens (including phenoxy) is 2. The monoisotopic (exact) mass is 448 g/mol. The molecule has 0 saturated carbocycles. The van der Waals surface area contributed by atoms with Crippen LogP contribution in [0.25, 0.3) is 21.3 Å². The zero-order chi connectivity index (χ0) is 22.8. The Balaban J connectivity index is 1.67. The number of hydrogen-bond donors (Lipinski definition) is 2. The van der Waals surface area contributed by atoms with E-state index in [0.717, 1.165) is 22.3 Å². The third-order valence-electron chi connectivity index (χ3n) is 5.44. The first-order valence-electron chi connectivity index (χ1n) is 10.5. The first-order chi connectivity index (χ1) is 15.4. The van der Waals surface area contributed by atoms with Gasteiger partial charge < -0.3 is 20.5 Å². The molecule has 2 atom stereocenters. The smallest absolute Gasteiger partial charge is 0.162 e. The highest BCUT2D eigenvalue weighted by molar-refractivity contribution is 7.15. The maximum absolute atomic E-state index is 6.19. The molecule has 1 unspecified atom stereocenters. The van der Waals surface area contributed by atoms with Crippen molar-refractivity contribution in [2.45, 2.75) is 32.9 Å². The topological polar surface area (TPSA) is 82.3 Å². The van der Waals surface area contributed by atoms with E-state index in [1.807, 2.05) is 32.0 Å². The van der Waals surface area contributed by atoms with Gasteiger partial charge in [0.2, 0.25) is 0 Å². The zero-order valence-electron chi connectivity index (χ0n) is 19.0. The molecule has 0 aliphatic rings. The number of aryl methyl sites for hydroxylation is 1. The van der Waals surface area contributed by atoms with Gasteiger partial charge in [-0.2, -0.15) is 0 Å². The fraction of sp³-hybridized carbons (Fsp3) is 0.280. The van der Waals surface area contributed by atoms with E-state index in [9.17, 15) is 0 Å². The van der Waals surface area contributed by atoms with Crippen LogP contribution in [-0.2, 0) is 0 Å². The molecule has 6 nitrogen and oxygen atoms in total. The van der Waals surface area contributed by atoms with E-state index in [0.29, 0.717) is 17.3 Å². The van der Waals surface area contributed by atoms with Gasteiger partial charge in [0.25, 0.3) is 0 Å². The largest absolute Gasteiger partial charge is 0.493 e. The van der Waals surface area contributed by atoms with E-state index in [1.165, 1.54) is 15.3 Å². The van der Waals surface area contributed by atoms with Crippen LogP contribution < -0.4 is 20.5 Å². The number of benzene rings is 2. The summed E-state index contributed by atoms with van der Waals surface area (Å²) in [7, 11) is 3.25. The molecule has 4 aromatic rings. The summed E-state index contributed by atoms with van der Waals surface area (Å²) in [6, 6.07) is 16.5. The summed E-state index contributed by atoms with van der Waals surface area (Å²) >= 11 is 1.76. The molecule has 2 aromatic carbocycles. The molecule has 2 aromatic heterocycles. The minimum absolute atomic E-state index is 0.0189. The second-order valence-corrected chi connectivity index (χ2v) is 8.90. The highest BCUT2D eigenvalue weighted by Crippen LogP contribution is 2.38. The molecule has 3 N–H and O–H groups in total. The molecule has 166 valence electrons. The molecule has 0 aliphatic carbocycles. The molecule has 0 aliphatic heterocycles. The molecule has 0 amide bonds. The summed E-state index contributed by atoms with van der Waals surface area (Å²) in [5.74, 6) is 2.76. The average Bonchev–Trinajstić information content (AvgIpc) is 3.28. The van der Waals surface area contributed by atoms with E-state index >= 15 is 0 Å². The van der Waals surface area contributed by atoms with Crippen LogP contribution in [0.4, 0.5) is 5.82 Å². The molecule has 2 heterocycles. The van der Waals surface area contributed by atoms with Gasteiger partial charge in [-0.1, -0.05) is 24.3 Å². The maximum atomic E-state index is 6.19. The van der Waals surface area contributed by atoms with Crippen LogP contribution in [0, 0.1) is 6.92 Å². The Kier molecular flexibility index (Phi) is 6.30. The highest BCUT2D eigenvalue weighted by atomic mass is 32.1. The van der Waals surface area contributed by atoms with Crippen molar-refractivity contribution in [3.63, 3.8) is 0 Å². The van der Waals surface area contributed by atoms with Gasteiger partial charge in [0.15, 0.2) is 11.5 Å². The van der Waals surface area contributed by atoms with E-state index in [4.69, 9.17) is 15.2 Å². The molecule has 0 saturated heterocycles. The lowest BCUT2D eigenvalue weighted by Crippen LogP contribution is -2.08. The summed E-state index contributed by atoms with van der Waals surface area (Å²) in [6.45, 7) is 6.04. The van der Waals surface area contributed by atoms with Crippen LogP contribution in [0.15, 0.2) is 48.5 Å². The van der Waals surface area contributed by atoms with Crippen LogP contribution in [0.3, 0.4) is 0 Å². The fourth-order valence-corrected chi connectivity index (χ4v) is 4.86. The molecular weight excluding hydrogens is 420 g/mol. The minimum Gasteiger partial charge on any atom is -0.493 e. The van der Waals surface area contributed by atoms with Gasteiger partial charge >= 0.3 is 0 Å². The summed E-state index contributed by atoms with van der Waals surface area (Å²) in [6.07, 6.45) is 0. The fourth-order valence-electron chi connectivity index (χ4n) is 3.81. The molecule has 32 heavy (non-hydrogen) atoms. The lowest BCUT2D eigenvalue weighted by atomic mass is 10.0. The Bertz CT molecular complexity index is 1250. The quantitative estimate of drug-likeness (QED) is 0.368. The standard InChI is InChI=1S/C25H28N4O2S/c1-14(26)17-8-6-7-9-18(17)24-11-10-23(32-24)15(2)27-25-19-12-21(30-4)22(31-5)13-20(19)28-16(3)29-25/h6-15H,26H2,1-5H3,(H,27,28,29)/t14-,15?/m1/s1. The number of anilines is 1. The van der Waals surface area contributed by atoms with Gasteiger partial charge in [-0.15, -0.1) is 11.3 Å². The van der Waals surface area contributed by atoms with Crippen LogP contribution in [-0.4, -0.2) is 24.2 Å². The van der Waals surface area contributed by atoms with E-state index in [1.54, 1.807) is 25.6 Å². The lowest BCUT2D eigenvalue weighted by Gasteiger charge is -2.17. The average molecular weight is 449 g/mol. The molecule has 0 spiro atoms. The Labute approximate surface area is 192 Å². The van der Waals surface area contributed by atoms with Gasteiger partial charge in [-0.25, -0.2) is 9.97 Å². The number of hydrogen-bond acceptors (Lipinski definition) is 7. The predicted octanol–water partition coefficient (Wildman–Crippen LogP) is 5.88. The lowest BCUT2D eigenvalue weighted by molar-refractivity contribution is 0.356. The first-order valence-corrected chi connectivity index (χ1v) is 11.3. The number of nitrogens with zero attached hydrogens (tertiary/aromatic N) is 2. The second-order valence-electron chi connectivity index (χ2n) is 7.79. The van der Waals surface area contributed by atoms with Crippen molar-refractivity contribution in [2.24, 2.45) is 5.73 Å². The predicted molar refractivity (Wildman–Crippen MR) is 132 cm³/mol. The summed E-state index contributed by atoms with van der Waals surface area (Å²) in [5, 5.41) is 4.46. The van der Waals surface area contributed by atoms with Gasteiger partial charge in [-0.3, -0.25) is 0 Å². The maximum Gasteiger partial charge on any atom is 0.162 e.